The van der Waals surface area contributed by atoms with Crippen LogP contribution in [0, 0.1) is 5.92 Å². The van der Waals surface area contributed by atoms with Crippen molar-refractivity contribution in [2.24, 2.45) is 5.92 Å². The summed E-state index contributed by atoms with van der Waals surface area (Å²) in [4.78, 5) is 24.3. The molecule has 1 atom stereocenters. The predicted molar refractivity (Wildman–Crippen MR) is 107 cm³/mol. The number of hydrogen-bond acceptors (Lipinski definition) is 6. The number of aromatic nitrogens is 2. The van der Waals surface area contributed by atoms with Crippen LogP contribution in [0.25, 0.3) is 0 Å². The van der Waals surface area contributed by atoms with E-state index in [9.17, 15) is 4.79 Å². The molecule has 1 fully saturated rings. The Morgan fingerprint density at radius 3 is 3.15 bits per heavy atom. The molecular weight excluding hydrogens is 346 g/mol. The van der Waals surface area contributed by atoms with Crippen molar-refractivity contribution in [1.29, 1.82) is 0 Å². The SMILES string of the molecule is CCNc1cc(N2CCCC(CCC(=O)NCc3cccs3)C2)ncn1. The van der Waals surface area contributed by atoms with E-state index in [1.54, 1.807) is 17.7 Å². The summed E-state index contributed by atoms with van der Waals surface area (Å²) in [6, 6.07) is 6.07. The van der Waals surface area contributed by atoms with Gasteiger partial charge in [-0.1, -0.05) is 6.07 Å². The van der Waals surface area contributed by atoms with E-state index in [0.29, 0.717) is 18.9 Å². The lowest BCUT2D eigenvalue weighted by molar-refractivity contribution is -0.121. The number of anilines is 2. The van der Waals surface area contributed by atoms with Gasteiger partial charge in [0.25, 0.3) is 0 Å². The predicted octanol–water partition coefficient (Wildman–Crippen LogP) is 3.28. The molecule has 0 radical (unpaired) electrons. The number of hydrogen-bond donors (Lipinski definition) is 2. The molecule has 2 aromatic heterocycles. The lowest BCUT2D eigenvalue weighted by Gasteiger charge is -2.33. The number of carbonyl (C=O) groups excluding carboxylic acids is 1. The van der Waals surface area contributed by atoms with Crippen LogP contribution in [0.15, 0.2) is 29.9 Å². The van der Waals surface area contributed by atoms with Crippen molar-refractivity contribution in [2.75, 3.05) is 29.9 Å². The minimum absolute atomic E-state index is 0.145. The van der Waals surface area contributed by atoms with Crippen LogP contribution in [0.5, 0.6) is 0 Å². The third kappa shape index (κ3) is 5.42. The summed E-state index contributed by atoms with van der Waals surface area (Å²) in [6.07, 6.45) is 5.46. The highest BCUT2D eigenvalue weighted by Crippen LogP contribution is 2.25. The van der Waals surface area contributed by atoms with Gasteiger partial charge in [0.1, 0.15) is 18.0 Å². The van der Waals surface area contributed by atoms with E-state index in [0.717, 1.165) is 44.1 Å². The molecule has 0 bridgehead atoms. The van der Waals surface area contributed by atoms with E-state index in [-0.39, 0.29) is 5.91 Å². The van der Waals surface area contributed by atoms with Crippen LogP contribution in [-0.4, -0.2) is 35.5 Å². The first-order valence-electron chi connectivity index (χ1n) is 9.34. The Morgan fingerprint density at radius 1 is 1.42 bits per heavy atom. The molecule has 1 unspecified atom stereocenters. The number of nitrogens with zero attached hydrogens (tertiary/aromatic N) is 3. The van der Waals surface area contributed by atoms with Crippen molar-refractivity contribution in [3.8, 4) is 0 Å². The van der Waals surface area contributed by atoms with Crippen LogP contribution >= 0.6 is 11.3 Å². The molecule has 6 nitrogen and oxygen atoms in total. The topological polar surface area (TPSA) is 70.2 Å². The Bertz CT molecular complexity index is 691. The number of rotatable bonds is 8. The molecule has 0 aliphatic carbocycles. The molecule has 3 rings (SSSR count). The average Bonchev–Trinajstić information content (AvgIpc) is 3.19. The van der Waals surface area contributed by atoms with Gasteiger partial charge in [-0.25, -0.2) is 9.97 Å². The maximum Gasteiger partial charge on any atom is 0.220 e. The Hall–Kier alpha value is -2.15. The second kappa shape index (κ2) is 9.52. The largest absolute Gasteiger partial charge is 0.370 e. The first-order valence-corrected chi connectivity index (χ1v) is 10.2. The molecule has 1 amide bonds. The fourth-order valence-electron chi connectivity index (χ4n) is 3.33. The van der Waals surface area contributed by atoms with Gasteiger partial charge in [0.2, 0.25) is 5.91 Å². The van der Waals surface area contributed by atoms with Crippen LogP contribution in [0.3, 0.4) is 0 Å². The summed E-state index contributed by atoms with van der Waals surface area (Å²) in [5, 5.41) is 8.29. The molecule has 1 saturated heterocycles. The number of carbonyl (C=O) groups is 1. The van der Waals surface area contributed by atoms with Gasteiger partial charge in [-0.15, -0.1) is 11.3 Å². The molecule has 0 saturated carbocycles. The van der Waals surface area contributed by atoms with E-state index in [2.05, 4.69) is 32.4 Å². The molecule has 0 aromatic carbocycles. The summed E-state index contributed by atoms with van der Waals surface area (Å²) < 4.78 is 0. The molecule has 0 spiro atoms. The zero-order valence-electron chi connectivity index (χ0n) is 15.3. The fourth-order valence-corrected chi connectivity index (χ4v) is 3.97. The van der Waals surface area contributed by atoms with Crippen molar-refractivity contribution >= 4 is 28.9 Å². The van der Waals surface area contributed by atoms with Crippen molar-refractivity contribution in [2.45, 2.75) is 39.2 Å². The van der Waals surface area contributed by atoms with Gasteiger partial charge >= 0.3 is 0 Å². The first kappa shape index (κ1) is 18.6. The smallest absolute Gasteiger partial charge is 0.220 e. The second-order valence-electron chi connectivity index (χ2n) is 6.64. The fraction of sp³-hybridized carbons (Fsp3) is 0.526. The standard InChI is InChI=1S/C19H27N5OS/c1-2-20-17-11-18(23-14-22-17)24-9-3-5-15(13-24)7-8-19(25)21-12-16-6-4-10-26-16/h4,6,10-11,14-15H,2-3,5,7-9,12-13H2,1H3,(H,21,25)(H,20,22,23). The number of nitrogens with one attached hydrogen (secondary N) is 2. The van der Waals surface area contributed by atoms with Crippen molar-refractivity contribution < 1.29 is 4.79 Å². The van der Waals surface area contributed by atoms with Gasteiger partial charge < -0.3 is 15.5 Å². The lowest BCUT2D eigenvalue weighted by atomic mass is 9.93. The average molecular weight is 374 g/mol. The Kier molecular flexibility index (Phi) is 6.82. The summed E-state index contributed by atoms with van der Waals surface area (Å²) >= 11 is 1.67. The van der Waals surface area contributed by atoms with Crippen LogP contribution in [-0.2, 0) is 11.3 Å². The Morgan fingerprint density at radius 2 is 2.35 bits per heavy atom. The third-order valence-electron chi connectivity index (χ3n) is 4.67. The minimum Gasteiger partial charge on any atom is -0.370 e. The second-order valence-corrected chi connectivity index (χ2v) is 7.67. The monoisotopic (exact) mass is 373 g/mol. The van der Waals surface area contributed by atoms with Crippen LogP contribution in [0.1, 0.15) is 37.5 Å². The summed E-state index contributed by atoms with van der Waals surface area (Å²) in [5.74, 6) is 2.52. The van der Waals surface area contributed by atoms with Crippen molar-refractivity contribution in [3.05, 3.63) is 34.8 Å². The van der Waals surface area contributed by atoms with Crippen molar-refractivity contribution in [1.82, 2.24) is 15.3 Å². The van der Waals surface area contributed by atoms with Gasteiger partial charge in [0, 0.05) is 37.0 Å². The maximum absolute atomic E-state index is 12.1. The third-order valence-corrected chi connectivity index (χ3v) is 5.55. The van der Waals surface area contributed by atoms with Gasteiger partial charge in [-0.3, -0.25) is 4.79 Å². The molecule has 3 heterocycles. The molecule has 2 aromatic rings. The first-order chi connectivity index (χ1) is 12.7. The van der Waals surface area contributed by atoms with E-state index in [1.165, 1.54) is 11.3 Å². The van der Waals surface area contributed by atoms with E-state index in [4.69, 9.17) is 0 Å². The van der Waals surface area contributed by atoms with Gasteiger partial charge in [0.05, 0.1) is 6.54 Å². The molecule has 2 N–H and O–H groups in total. The summed E-state index contributed by atoms with van der Waals surface area (Å²) in [7, 11) is 0. The quantitative estimate of drug-likeness (QED) is 0.743. The highest BCUT2D eigenvalue weighted by atomic mass is 32.1. The van der Waals surface area contributed by atoms with E-state index in [1.807, 2.05) is 23.6 Å². The van der Waals surface area contributed by atoms with Gasteiger partial charge in [-0.05, 0) is 43.6 Å². The Labute approximate surface area is 159 Å². The lowest BCUT2D eigenvalue weighted by Crippen LogP contribution is -2.36. The number of piperidine rings is 1. The highest BCUT2D eigenvalue weighted by molar-refractivity contribution is 7.09. The van der Waals surface area contributed by atoms with E-state index < -0.39 is 0 Å². The van der Waals surface area contributed by atoms with Gasteiger partial charge in [0.15, 0.2) is 0 Å². The molecule has 26 heavy (non-hydrogen) atoms. The summed E-state index contributed by atoms with van der Waals surface area (Å²) in [5.41, 5.74) is 0. The maximum atomic E-state index is 12.1. The van der Waals surface area contributed by atoms with Crippen LogP contribution < -0.4 is 15.5 Å². The zero-order valence-corrected chi connectivity index (χ0v) is 16.1. The highest BCUT2D eigenvalue weighted by Gasteiger charge is 2.22. The minimum atomic E-state index is 0.145. The number of thiophene rings is 1. The molecule has 140 valence electrons. The molecule has 1 aliphatic heterocycles. The van der Waals surface area contributed by atoms with Crippen molar-refractivity contribution in [3.63, 3.8) is 0 Å². The van der Waals surface area contributed by atoms with Crippen LogP contribution in [0.2, 0.25) is 0 Å². The molecule has 1 aliphatic rings. The van der Waals surface area contributed by atoms with E-state index >= 15 is 0 Å². The molecule has 7 heteroatoms. The molecular formula is C19H27N5OS. The summed E-state index contributed by atoms with van der Waals surface area (Å²) in [6.45, 7) is 5.52. The van der Waals surface area contributed by atoms with Gasteiger partial charge in [-0.2, -0.15) is 0 Å². The Balaban J connectivity index is 1.46. The van der Waals surface area contributed by atoms with Crippen LogP contribution in [0.4, 0.5) is 11.6 Å². The normalized spacial score (nSPS) is 17.1. The zero-order chi connectivity index (χ0) is 18.2. The number of amides is 1.